The van der Waals surface area contributed by atoms with E-state index >= 15 is 0 Å². The van der Waals surface area contributed by atoms with E-state index in [0.29, 0.717) is 6.04 Å². The largest absolute Gasteiger partial charge is 0.391 e. The number of fused-ring (bicyclic) bond motifs is 6. The molecule has 3 heteroatoms. The summed E-state index contributed by atoms with van der Waals surface area (Å²) in [6.07, 6.45) is 7.84. The lowest BCUT2D eigenvalue weighted by atomic mass is 9.70. The van der Waals surface area contributed by atoms with Crippen molar-refractivity contribution < 1.29 is 5.11 Å². The quantitative estimate of drug-likeness (QED) is 0.702. The Balaban J connectivity index is 1.58. The highest BCUT2D eigenvalue weighted by atomic mass is 16.3. The fourth-order valence-corrected chi connectivity index (χ4v) is 5.34. The Labute approximate surface area is 110 Å². The van der Waals surface area contributed by atoms with Gasteiger partial charge in [-0.1, -0.05) is 6.42 Å². The topological polar surface area (TPSA) is 26.7 Å². The molecule has 0 radical (unpaired) electrons. The van der Waals surface area contributed by atoms with Gasteiger partial charge in [-0.2, -0.15) is 0 Å². The van der Waals surface area contributed by atoms with Gasteiger partial charge in [0, 0.05) is 25.2 Å². The zero-order valence-corrected chi connectivity index (χ0v) is 11.3. The number of nitrogens with zero attached hydrogens (tertiary/aromatic N) is 2. The van der Waals surface area contributed by atoms with Crippen molar-refractivity contribution in [1.82, 2.24) is 9.80 Å². The van der Waals surface area contributed by atoms with Crippen LogP contribution in [-0.4, -0.2) is 59.3 Å². The van der Waals surface area contributed by atoms with Gasteiger partial charge in [0.15, 0.2) is 0 Å². The fraction of sp³-hybridized carbons (Fsp3) is 1.00. The third kappa shape index (κ3) is 1.75. The van der Waals surface area contributed by atoms with Gasteiger partial charge >= 0.3 is 0 Å². The van der Waals surface area contributed by atoms with Crippen LogP contribution in [0.15, 0.2) is 0 Å². The summed E-state index contributed by atoms with van der Waals surface area (Å²) < 4.78 is 0. The minimum atomic E-state index is -0.0500. The molecule has 1 N–H and O–H groups in total. The molecule has 5 atom stereocenters. The molecule has 3 nitrogen and oxygen atoms in total. The van der Waals surface area contributed by atoms with Gasteiger partial charge in [0.1, 0.15) is 0 Å². The molecular weight excluding hydrogens is 224 g/mol. The maximum Gasteiger partial charge on any atom is 0.0699 e. The van der Waals surface area contributed by atoms with Gasteiger partial charge in [-0.3, -0.25) is 9.80 Å². The SMILES string of the molecule is O[C@@H]1CCCN2C[C@H]3C[C@H](CN4CCCC[C@@H]34)[C@@H]12. The summed E-state index contributed by atoms with van der Waals surface area (Å²) in [5, 5.41) is 10.4. The van der Waals surface area contributed by atoms with Crippen molar-refractivity contribution in [2.75, 3.05) is 26.2 Å². The second-order valence-electron chi connectivity index (χ2n) is 7.01. The summed E-state index contributed by atoms with van der Waals surface area (Å²) in [7, 11) is 0. The minimum absolute atomic E-state index is 0.0500. The molecule has 4 rings (SSSR count). The van der Waals surface area contributed by atoms with Crippen molar-refractivity contribution in [3.63, 3.8) is 0 Å². The van der Waals surface area contributed by atoms with Gasteiger partial charge in [-0.25, -0.2) is 0 Å². The molecule has 4 aliphatic rings. The molecule has 4 aliphatic heterocycles. The van der Waals surface area contributed by atoms with Crippen LogP contribution in [0.3, 0.4) is 0 Å². The minimum Gasteiger partial charge on any atom is -0.391 e. The predicted octanol–water partition coefficient (Wildman–Crippen LogP) is 1.32. The van der Waals surface area contributed by atoms with Gasteiger partial charge in [-0.15, -0.1) is 0 Å². The van der Waals surface area contributed by atoms with Gasteiger partial charge in [0.2, 0.25) is 0 Å². The summed E-state index contributed by atoms with van der Waals surface area (Å²) in [6, 6.07) is 1.35. The Morgan fingerprint density at radius 3 is 2.61 bits per heavy atom. The van der Waals surface area contributed by atoms with E-state index in [1.54, 1.807) is 0 Å². The van der Waals surface area contributed by atoms with Crippen molar-refractivity contribution in [1.29, 1.82) is 0 Å². The summed E-state index contributed by atoms with van der Waals surface area (Å²) in [6.45, 7) is 5.08. The Morgan fingerprint density at radius 1 is 0.833 bits per heavy atom. The van der Waals surface area contributed by atoms with Gasteiger partial charge in [-0.05, 0) is 57.0 Å². The van der Waals surface area contributed by atoms with E-state index in [0.717, 1.165) is 24.3 Å². The van der Waals surface area contributed by atoms with Crippen LogP contribution >= 0.6 is 0 Å². The Bertz CT molecular complexity index is 322. The molecule has 0 aromatic carbocycles. The lowest BCUT2D eigenvalue weighted by Gasteiger charge is -2.58. The Morgan fingerprint density at radius 2 is 1.67 bits per heavy atom. The highest BCUT2D eigenvalue weighted by molar-refractivity contribution is 5.02. The van der Waals surface area contributed by atoms with Crippen LogP contribution in [0.1, 0.15) is 38.5 Å². The molecule has 18 heavy (non-hydrogen) atoms. The lowest BCUT2D eigenvalue weighted by Crippen LogP contribution is -2.66. The van der Waals surface area contributed by atoms with Crippen LogP contribution in [0.5, 0.6) is 0 Å². The smallest absolute Gasteiger partial charge is 0.0699 e. The molecule has 4 fully saturated rings. The molecule has 0 unspecified atom stereocenters. The number of hydrogen-bond donors (Lipinski definition) is 1. The molecule has 4 saturated heterocycles. The highest BCUT2D eigenvalue weighted by Crippen LogP contribution is 2.42. The third-order valence-electron chi connectivity index (χ3n) is 6.00. The normalized spacial score (nSPS) is 49.5. The maximum atomic E-state index is 10.4. The van der Waals surface area contributed by atoms with E-state index in [2.05, 4.69) is 9.80 Å². The highest BCUT2D eigenvalue weighted by Gasteiger charge is 2.48. The van der Waals surface area contributed by atoms with Gasteiger partial charge < -0.3 is 5.11 Å². The first kappa shape index (κ1) is 11.7. The van der Waals surface area contributed by atoms with Crippen molar-refractivity contribution in [3.05, 3.63) is 0 Å². The number of piperidine rings is 4. The van der Waals surface area contributed by atoms with E-state index in [9.17, 15) is 5.11 Å². The first-order chi connectivity index (χ1) is 8.83. The lowest BCUT2D eigenvalue weighted by molar-refractivity contribution is -0.111. The van der Waals surface area contributed by atoms with Crippen LogP contribution in [0, 0.1) is 11.8 Å². The summed E-state index contributed by atoms with van der Waals surface area (Å²) in [5.74, 6) is 1.64. The third-order valence-corrected chi connectivity index (χ3v) is 6.00. The molecule has 0 saturated carbocycles. The van der Waals surface area contributed by atoms with Crippen LogP contribution in [0.25, 0.3) is 0 Å². The molecule has 0 aromatic rings. The summed E-state index contributed by atoms with van der Waals surface area (Å²) in [5.41, 5.74) is 0. The summed E-state index contributed by atoms with van der Waals surface area (Å²) in [4.78, 5) is 5.40. The summed E-state index contributed by atoms with van der Waals surface area (Å²) >= 11 is 0. The zero-order chi connectivity index (χ0) is 12.1. The average Bonchev–Trinajstić information content (AvgIpc) is 2.39. The van der Waals surface area contributed by atoms with Crippen LogP contribution in [0.4, 0.5) is 0 Å². The van der Waals surface area contributed by atoms with E-state index in [-0.39, 0.29) is 6.10 Å². The van der Waals surface area contributed by atoms with E-state index in [1.807, 2.05) is 0 Å². The molecule has 0 aromatic heterocycles. The number of rotatable bonds is 0. The first-order valence-corrected chi connectivity index (χ1v) is 7.99. The molecule has 2 bridgehead atoms. The Kier molecular flexibility index (Phi) is 2.90. The standard InChI is InChI=1S/C15H26N2O/c18-14-5-3-7-17-9-11-8-12(15(14)17)10-16-6-2-1-4-13(11)16/h11-15,18H,1-10H2/t11-,12-,13+,14-,15+/m1/s1. The Hall–Kier alpha value is -0.120. The number of aliphatic hydroxyl groups excluding tert-OH is 1. The monoisotopic (exact) mass is 250 g/mol. The number of hydrogen-bond acceptors (Lipinski definition) is 3. The molecule has 0 spiro atoms. The average molecular weight is 250 g/mol. The van der Waals surface area contributed by atoms with E-state index in [4.69, 9.17) is 0 Å². The molecule has 102 valence electrons. The zero-order valence-electron chi connectivity index (χ0n) is 11.3. The van der Waals surface area contributed by atoms with Crippen molar-refractivity contribution in [2.24, 2.45) is 11.8 Å². The second kappa shape index (κ2) is 4.46. The van der Waals surface area contributed by atoms with Crippen molar-refractivity contribution in [2.45, 2.75) is 56.7 Å². The van der Waals surface area contributed by atoms with Crippen molar-refractivity contribution in [3.8, 4) is 0 Å². The number of aliphatic hydroxyl groups is 1. The van der Waals surface area contributed by atoms with E-state index in [1.165, 1.54) is 58.3 Å². The van der Waals surface area contributed by atoms with Crippen LogP contribution in [0.2, 0.25) is 0 Å². The van der Waals surface area contributed by atoms with Crippen molar-refractivity contribution >= 4 is 0 Å². The molecule has 0 aliphatic carbocycles. The van der Waals surface area contributed by atoms with Crippen LogP contribution < -0.4 is 0 Å². The molecule has 0 amide bonds. The fourth-order valence-electron chi connectivity index (χ4n) is 5.34. The predicted molar refractivity (Wildman–Crippen MR) is 71.4 cm³/mol. The van der Waals surface area contributed by atoms with E-state index < -0.39 is 0 Å². The molecular formula is C15H26N2O. The maximum absolute atomic E-state index is 10.4. The van der Waals surface area contributed by atoms with Gasteiger partial charge in [0.25, 0.3) is 0 Å². The molecule has 4 heterocycles. The first-order valence-electron chi connectivity index (χ1n) is 7.99. The van der Waals surface area contributed by atoms with Crippen LogP contribution in [-0.2, 0) is 0 Å². The second-order valence-corrected chi connectivity index (χ2v) is 7.01. The van der Waals surface area contributed by atoms with Gasteiger partial charge in [0.05, 0.1) is 6.10 Å².